The van der Waals surface area contributed by atoms with Gasteiger partial charge in [0.25, 0.3) is 5.91 Å². The molecule has 16 heteroatoms. The summed E-state index contributed by atoms with van der Waals surface area (Å²) in [6.45, 7) is 2.46. The largest absolute Gasteiger partial charge is 0.433 e. The lowest BCUT2D eigenvalue weighted by Crippen LogP contribution is -2.44. The molecule has 1 aliphatic carbocycles. The van der Waals surface area contributed by atoms with Crippen LogP contribution in [-0.4, -0.2) is 66.2 Å². The van der Waals surface area contributed by atoms with E-state index in [0.717, 1.165) is 68.4 Å². The van der Waals surface area contributed by atoms with Gasteiger partial charge in [-0.1, -0.05) is 6.07 Å². The average molecular weight is 733 g/mol. The van der Waals surface area contributed by atoms with Gasteiger partial charge in [-0.15, -0.1) is 0 Å². The number of benzene rings is 2. The van der Waals surface area contributed by atoms with Gasteiger partial charge < -0.3 is 10.2 Å². The van der Waals surface area contributed by atoms with Crippen LogP contribution in [0.4, 0.5) is 23.2 Å². The number of hydrogen-bond donors (Lipinski definition) is 2. The van der Waals surface area contributed by atoms with Gasteiger partial charge in [-0.25, -0.2) is 14.2 Å². The van der Waals surface area contributed by atoms with E-state index in [1.54, 1.807) is 31.3 Å². The maximum Gasteiger partial charge on any atom is 0.433 e. The van der Waals surface area contributed by atoms with E-state index >= 15 is 4.39 Å². The lowest BCUT2D eigenvalue weighted by atomic mass is 9.79. The number of imidazole rings is 1. The first-order valence-electron chi connectivity index (χ1n) is 17.6. The summed E-state index contributed by atoms with van der Waals surface area (Å²) in [4.78, 5) is 56.2. The number of nitrogens with one attached hydrogen (secondary N) is 2. The number of aromatic nitrogens is 5. The van der Waals surface area contributed by atoms with E-state index in [1.165, 1.54) is 21.3 Å². The number of amides is 3. The molecule has 1 saturated carbocycles. The van der Waals surface area contributed by atoms with E-state index < -0.39 is 35.4 Å². The van der Waals surface area contributed by atoms with Crippen LogP contribution in [0, 0.1) is 11.7 Å². The molecule has 0 spiro atoms. The average Bonchev–Trinajstić information content (AvgIpc) is 3.63. The number of rotatable bonds is 7. The minimum absolute atomic E-state index is 0.0974. The molecule has 3 amide bonds. The molecule has 3 aromatic heterocycles. The van der Waals surface area contributed by atoms with Crippen molar-refractivity contribution in [3.05, 3.63) is 88.0 Å². The van der Waals surface area contributed by atoms with Gasteiger partial charge in [0.1, 0.15) is 23.2 Å². The van der Waals surface area contributed by atoms with E-state index in [1.807, 2.05) is 10.9 Å². The minimum Gasteiger partial charge on any atom is -0.321 e. The van der Waals surface area contributed by atoms with Crippen molar-refractivity contribution >= 4 is 45.3 Å². The van der Waals surface area contributed by atoms with E-state index in [0.29, 0.717) is 28.2 Å². The Balaban J connectivity index is 0.878. The topological polar surface area (TPSA) is 136 Å². The highest BCUT2D eigenvalue weighted by Crippen LogP contribution is 2.41. The third kappa shape index (κ3) is 6.49. The number of carbonyl (C=O) groups excluding carboxylic acids is 3. The fraction of sp³-hybridized carbons (Fsp3) is 0.405. The second kappa shape index (κ2) is 13.2. The Morgan fingerprint density at radius 3 is 2.53 bits per heavy atom. The number of likely N-dealkylation sites (tertiary alicyclic amines) is 1. The number of anilines is 1. The van der Waals surface area contributed by atoms with Crippen LogP contribution in [-0.2, 0) is 22.8 Å². The summed E-state index contributed by atoms with van der Waals surface area (Å²) < 4.78 is 59.4. The van der Waals surface area contributed by atoms with Crippen molar-refractivity contribution in [3.8, 4) is 0 Å². The maximum atomic E-state index is 15.5. The molecule has 8 rings (SSSR count). The lowest BCUT2D eigenvalue weighted by molar-refractivity contribution is -0.141. The second-order valence-corrected chi connectivity index (χ2v) is 14.3. The Morgan fingerprint density at radius 2 is 1.79 bits per heavy atom. The summed E-state index contributed by atoms with van der Waals surface area (Å²) in [5, 5.41) is 10.4. The first-order chi connectivity index (χ1) is 25.3. The van der Waals surface area contributed by atoms with Crippen molar-refractivity contribution in [1.29, 1.82) is 0 Å². The van der Waals surface area contributed by atoms with Gasteiger partial charge in [0.05, 0.1) is 22.6 Å². The Bertz CT molecular complexity index is 2330. The van der Waals surface area contributed by atoms with Crippen molar-refractivity contribution in [2.45, 2.75) is 62.7 Å². The molecule has 1 unspecified atom stereocenters. The van der Waals surface area contributed by atoms with Gasteiger partial charge in [0.15, 0.2) is 0 Å². The highest BCUT2D eigenvalue weighted by atomic mass is 19.4. The van der Waals surface area contributed by atoms with E-state index in [-0.39, 0.29) is 42.2 Å². The number of pyridine rings is 1. The molecule has 3 aliphatic rings. The van der Waals surface area contributed by atoms with Crippen LogP contribution in [0.1, 0.15) is 78.3 Å². The number of aryl methyl sites for hydroxylation is 1. The summed E-state index contributed by atoms with van der Waals surface area (Å²) in [6, 6.07) is 10.6. The summed E-state index contributed by atoms with van der Waals surface area (Å²) >= 11 is 0. The van der Waals surface area contributed by atoms with E-state index in [9.17, 15) is 32.3 Å². The molecule has 0 radical (unpaired) electrons. The van der Waals surface area contributed by atoms with Crippen molar-refractivity contribution < 1.29 is 31.9 Å². The molecular formula is C37H36F4N8O4. The second-order valence-electron chi connectivity index (χ2n) is 14.3. The third-order valence-electron chi connectivity index (χ3n) is 10.9. The minimum atomic E-state index is -4.65. The molecule has 2 N–H and O–H groups in total. The molecule has 276 valence electrons. The lowest BCUT2D eigenvalue weighted by Gasteiger charge is -2.41. The molecule has 53 heavy (non-hydrogen) atoms. The van der Waals surface area contributed by atoms with Gasteiger partial charge in [0.2, 0.25) is 11.8 Å². The maximum absolute atomic E-state index is 15.5. The summed E-state index contributed by atoms with van der Waals surface area (Å²) in [7, 11) is 1.60. The van der Waals surface area contributed by atoms with Crippen LogP contribution in [0.25, 0.3) is 21.9 Å². The molecule has 5 heterocycles. The van der Waals surface area contributed by atoms with E-state index in [2.05, 4.69) is 20.5 Å². The molecule has 3 fully saturated rings. The zero-order valence-electron chi connectivity index (χ0n) is 28.7. The number of imide groups is 1. The quantitative estimate of drug-likeness (QED) is 0.171. The predicted molar refractivity (Wildman–Crippen MR) is 186 cm³/mol. The summed E-state index contributed by atoms with van der Waals surface area (Å²) in [5.74, 6) is -1.65. The van der Waals surface area contributed by atoms with Crippen LogP contribution in [0.3, 0.4) is 0 Å². The molecule has 5 aromatic rings. The standard InChI is InChI=1S/C37H36F4N8O4/c1-46-33-28(49(36(46)53)29-9-10-31(50)44-35(29)52)8-6-25(38)32(33)21-11-13-47(14-12-21)18-20-15-24(16-20)48-19-22-17-23(5-7-26(22)45-48)42-34(51)27-3-2-4-30(43-27)37(39,40)41/h2-8,17,19-21,24,29H,9-16,18H2,1H3,(H,42,51)(H,44,50,52). The van der Waals surface area contributed by atoms with Gasteiger partial charge in [-0.2, -0.15) is 18.3 Å². The van der Waals surface area contributed by atoms with Crippen LogP contribution in [0.15, 0.2) is 59.5 Å². The molecule has 2 aliphatic heterocycles. The van der Waals surface area contributed by atoms with Crippen molar-refractivity contribution in [2.24, 2.45) is 13.0 Å². The first-order valence-corrected chi connectivity index (χ1v) is 17.6. The van der Waals surface area contributed by atoms with Crippen LogP contribution in [0.5, 0.6) is 0 Å². The van der Waals surface area contributed by atoms with Crippen molar-refractivity contribution in [3.63, 3.8) is 0 Å². The van der Waals surface area contributed by atoms with Crippen LogP contribution < -0.4 is 16.3 Å². The number of carbonyl (C=O) groups is 3. The fourth-order valence-corrected chi connectivity index (χ4v) is 8.16. The third-order valence-corrected chi connectivity index (χ3v) is 10.9. The predicted octanol–water partition coefficient (Wildman–Crippen LogP) is 5.30. The van der Waals surface area contributed by atoms with Gasteiger partial charge in [0, 0.05) is 42.8 Å². The van der Waals surface area contributed by atoms with Crippen LogP contribution in [0.2, 0.25) is 0 Å². The number of fused-ring (bicyclic) bond motifs is 2. The smallest absolute Gasteiger partial charge is 0.321 e. The Morgan fingerprint density at radius 1 is 1.02 bits per heavy atom. The monoisotopic (exact) mass is 732 g/mol. The van der Waals surface area contributed by atoms with Gasteiger partial charge in [-0.05, 0) is 99.5 Å². The zero-order chi connectivity index (χ0) is 37.2. The first kappa shape index (κ1) is 34.7. The normalized spacial score (nSPS) is 21.6. The highest BCUT2D eigenvalue weighted by Gasteiger charge is 2.36. The Labute approximate surface area is 299 Å². The van der Waals surface area contributed by atoms with Crippen molar-refractivity contribution in [2.75, 3.05) is 25.0 Å². The zero-order valence-corrected chi connectivity index (χ0v) is 28.7. The number of nitrogens with zero attached hydrogens (tertiary/aromatic N) is 6. The molecule has 12 nitrogen and oxygen atoms in total. The van der Waals surface area contributed by atoms with Crippen LogP contribution >= 0.6 is 0 Å². The Kier molecular flexibility index (Phi) is 8.66. The molecule has 2 saturated heterocycles. The van der Waals surface area contributed by atoms with Gasteiger partial charge in [-0.3, -0.25) is 33.5 Å². The Hall–Kier alpha value is -5.38. The molecule has 1 atom stereocenters. The number of piperidine rings is 2. The van der Waals surface area contributed by atoms with Gasteiger partial charge >= 0.3 is 11.9 Å². The number of alkyl halides is 3. The summed E-state index contributed by atoms with van der Waals surface area (Å²) in [6.07, 6.45) is 0.902. The highest BCUT2D eigenvalue weighted by molar-refractivity contribution is 6.04. The van der Waals surface area contributed by atoms with Crippen molar-refractivity contribution in [1.82, 2.24) is 34.1 Å². The fourth-order valence-electron chi connectivity index (χ4n) is 8.16. The van der Waals surface area contributed by atoms with E-state index in [4.69, 9.17) is 5.10 Å². The number of hydrogen-bond acceptors (Lipinski definition) is 7. The molecule has 2 aromatic carbocycles. The molecule has 0 bridgehead atoms. The number of halogens is 4. The summed E-state index contributed by atoms with van der Waals surface area (Å²) in [5.41, 5.74) is 0.751. The SMILES string of the molecule is Cn1c(=O)n(C2CCC(=O)NC2=O)c2ccc(F)c(C3CCN(CC4CC(n5cc6cc(NC(=O)c7cccc(C(F)(F)F)n7)ccc6n5)C4)CC3)c21. The molecular weight excluding hydrogens is 696 g/mol.